The monoisotopic (exact) mass is 469 g/mol. The molecule has 0 bridgehead atoms. The molecule has 1 rings (SSSR count). The summed E-state index contributed by atoms with van der Waals surface area (Å²) in [5, 5.41) is 9.34. The Kier molecular flexibility index (Phi) is 12.2. The van der Waals surface area contributed by atoms with Gasteiger partial charge in [0.05, 0.1) is 0 Å². The minimum absolute atomic E-state index is 0. The minimum Gasteiger partial charge on any atom is -0.444 e. The third kappa shape index (κ3) is 12.3. The molecule has 7 nitrogen and oxygen atoms in total. The van der Waals surface area contributed by atoms with Crippen LogP contribution in [-0.4, -0.2) is 68.4 Å². The highest BCUT2D eigenvalue weighted by atomic mass is 127. The van der Waals surface area contributed by atoms with Gasteiger partial charge in [0.2, 0.25) is 0 Å². The summed E-state index contributed by atoms with van der Waals surface area (Å²) in [7, 11) is 1.77. The second-order valence-electron chi connectivity index (χ2n) is 7.07. The van der Waals surface area contributed by atoms with Gasteiger partial charge >= 0.3 is 6.09 Å². The Balaban J connectivity index is 0.00000576. The topological polar surface area (TPSA) is 78.0 Å². The number of carbonyl (C=O) groups excluding carboxylic acids is 1. The molecule has 0 atom stereocenters. The predicted octanol–water partition coefficient (Wildman–Crippen LogP) is 2.17. The summed E-state index contributed by atoms with van der Waals surface area (Å²) in [5.41, 5.74) is -0.457. The van der Waals surface area contributed by atoms with Crippen molar-refractivity contribution in [3.63, 3.8) is 0 Å². The van der Waals surface area contributed by atoms with Crippen LogP contribution in [0.1, 0.15) is 47.0 Å². The molecule has 1 fully saturated rings. The lowest BCUT2D eigenvalue weighted by Crippen LogP contribution is -2.42. The van der Waals surface area contributed by atoms with Gasteiger partial charge in [-0.05, 0) is 46.6 Å². The largest absolute Gasteiger partial charge is 0.444 e. The van der Waals surface area contributed by atoms with E-state index in [0.717, 1.165) is 44.6 Å². The first-order valence-corrected chi connectivity index (χ1v) is 9.01. The maximum absolute atomic E-state index is 11.5. The molecule has 0 aromatic carbocycles. The van der Waals surface area contributed by atoms with Crippen LogP contribution in [0.3, 0.4) is 0 Å². The summed E-state index contributed by atoms with van der Waals surface area (Å²) in [6, 6.07) is 0.797. The zero-order valence-corrected chi connectivity index (χ0v) is 18.7. The Bertz CT molecular complexity index is 408. The van der Waals surface area contributed by atoms with Crippen LogP contribution in [0.25, 0.3) is 0 Å². The normalized spacial score (nSPS) is 14.7. The second-order valence-corrected chi connectivity index (χ2v) is 7.07. The van der Waals surface area contributed by atoms with E-state index in [1.165, 1.54) is 12.8 Å². The van der Waals surface area contributed by atoms with Crippen molar-refractivity contribution in [2.24, 2.45) is 4.99 Å². The highest BCUT2D eigenvalue weighted by molar-refractivity contribution is 14.0. The number of halogens is 1. The van der Waals surface area contributed by atoms with Crippen LogP contribution in [0.2, 0.25) is 0 Å². The standard InChI is InChI=1S/C17H35N5O2.HI/c1-6-22(14-8-9-14)13-12-20-15(18-5)19-10-7-11-21-16(23)24-17(2,3)4;/h14H,6-13H2,1-5H3,(H,21,23)(H2,18,19,20);1H. The number of ether oxygens (including phenoxy) is 1. The van der Waals surface area contributed by atoms with Gasteiger partial charge < -0.3 is 20.7 Å². The van der Waals surface area contributed by atoms with E-state index < -0.39 is 5.60 Å². The first-order valence-electron chi connectivity index (χ1n) is 9.01. The van der Waals surface area contributed by atoms with Crippen LogP contribution in [0.4, 0.5) is 4.79 Å². The zero-order chi connectivity index (χ0) is 18.0. The molecule has 0 aromatic heterocycles. The molecule has 1 amide bonds. The Hall–Kier alpha value is -0.770. The van der Waals surface area contributed by atoms with E-state index in [9.17, 15) is 4.79 Å². The van der Waals surface area contributed by atoms with Gasteiger partial charge in [-0.1, -0.05) is 6.92 Å². The number of hydrogen-bond donors (Lipinski definition) is 3. The smallest absolute Gasteiger partial charge is 0.407 e. The van der Waals surface area contributed by atoms with Gasteiger partial charge in [0.1, 0.15) is 5.60 Å². The Labute approximate surface area is 169 Å². The highest BCUT2D eigenvalue weighted by Crippen LogP contribution is 2.25. The highest BCUT2D eigenvalue weighted by Gasteiger charge is 2.27. The lowest BCUT2D eigenvalue weighted by Gasteiger charge is -2.21. The van der Waals surface area contributed by atoms with Gasteiger partial charge in [0.25, 0.3) is 0 Å². The van der Waals surface area contributed by atoms with E-state index in [2.05, 4.69) is 32.8 Å². The van der Waals surface area contributed by atoms with Crippen molar-refractivity contribution in [1.29, 1.82) is 0 Å². The molecule has 0 saturated heterocycles. The molecule has 1 aliphatic rings. The van der Waals surface area contributed by atoms with Crippen LogP contribution in [-0.2, 0) is 4.74 Å². The quantitative estimate of drug-likeness (QED) is 0.209. The van der Waals surface area contributed by atoms with E-state index in [4.69, 9.17) is 4.74 Å². The molecule has 1 aliphatic carbocycles. The van der Waals surface area contributed by atoms with E-state index in [-0.39, 0.29) is 30.1 Å². The van der Waals surface area contributed by atoms with Gasteiger partial charge in [-0.25, -0.2) is 4.79 Å². The van der Waals surface area contributed by atoms with Crippen LogP contribution in [0.15, 0.2) is 4.99 Å². The van der Waals surface area contributed by atoms with Gasteiger partial charge in [0, 0.05) is 39.3 Å². The second kappa shape index (κ2) is 12.6. The van der Waals surface area contributed by atoms with Crippen molar-refractivity contribution >= 4 is 36.0 Å². The van der Waals surface area contributed by atoms with Crippen molar-refractivity contribution in [1.82, 2.24) is 20.9 Å². The summed E-state index contributed by atoms with van der Waals surface area (Å²) >= 11 is 0. The number of alkyl carbamates (subject to hydrolysis) is 1. The third-order valence-corrected chi connectivity index (χ3v) is 3.70. The fourth-order valence-corrected chi connectivity index (χ4v) is 2.38. The molecule has 3 N–H and O–H groups in total. The molecule has 0 aromatic rings. The van der Waals surface area contributed by atoms with Crippen LogP contribution >= 0.6 is 24.0 Å². The van der Waals surface area contributed by atoms with Gasteiger partial charge in [0.15, 0.2) is 5.96 Å². The molecule has 0 spiro atoms. The van der Waals surface area contributed by atoms with E-state index in [1.807, 2.05) is 20.8 Å². The van der Waals surface area contributed by atoms with E-state index in [0.29, 0.717) is 6.54 Å². The minimum atomic E-state index is -0.457. The van der Waals surface area contributed by atoms with Crippen LogP contribution in [0.5, 0.6) is 0 Å². The number of nitrogens with one attached hydrogen (secondary N) is 3. The predicted molar refractivity (Wildman–Crippen MR) is 114 cm³/mol. The van der Waals surface area contributed by atoms with Gasteiger partial charge in [-0.3, -0.25) is 9.89 Å². The molecule has 148 valence electrons. The van der Waals surface area contributed by atoms with Crippen molar-refractivity contribution in [3.8, 4) is 0 Å². The Morgan fingerprint density at radius 3 is 2.28 bits per heavy atom. The molecular weight excluding hydrogens is 433 g/mol. The fourth-order valence-electron chi connectivity index (χ4n) is 2.38. The average Bonchev–Trinajstić information content (AvgIpc) is 3.32. The maximum Gasteiger partial charge on any atom is 0.407 e. The number of carbonyl (C=O) groups is 1. The van der Waals surface area contributed by atoms with Crippen molar-refractivity contribution < 1.29 is 9.53 Å². The first-order chi connectivity index (χ1) is 11.4. The number of nitrogens with zero attached hydrogens (tertiary/aromatic N) is 2. The molecule has 1 saturated carbocycles. The number of aliphatic imine (C=N–C) groups is 1. The lowest BCUT2D eigenvalue weighted by atomic mass is 10.2. The number of likely N-dealkylation sites (N-methyl/N-ethyl adjacent to an activating group) is 1. The summed E-state index contributed by atoms with van der Waals surface area (Å²) < 4.78 is 5.19. The van der Waals surface area contributed by atoms with E-state index in [1.54, 1.807) is 7.05 Å². The summed E-state index contributed by atoms with van der Waals surface area (Å²) in [5.74, 6) is 0.805. The molecule has 0 aliphatic heterocycles. The van der Waals surface area contributed by atoms with Crippen LogP contribution in [0, 0.1) is 0 Å². The van der Waals surface area contributed by atoms with Crippen molar-refractivity contribution in [2.75, 3.05) is 39.8 Å². The first kappa shape index (κ1) is 24.2. The molecule has 0 unspecified atom stereocenters. The molecular formula is C17H36IN5O2. The Morgan fingerprint density at radius 2 is 1.76 bits per heavy atom. The summed E-state index contributed by atoms with van der Waals surface area (Å²) in [6.45, 7) is 12.1. The SMILES string of the molecule is CCN(CCNC(=NC)NCCCNC(=O)OC(C)(C)C)C1CC1.I. The molecule has 8 heteroatoms. The maximum atomic E-state index is 11.5. The summed E-state index contributed by atoms with van der Waals surface area (Å²) in [6.07, 6.45) is 3.12. The third-order valence-electron chi connectivity index (χ3n) is 3.70. The van der Waals surface area contributed by atoms with E-state index >= 15 is 0 Å². The molecule has 25 heavy (non-hydrogen) atoms. The lowest BCUT2D eigenvalue weighted by molar-refractivity contribution is 0.0527. The van der Waals surface area contributed by atoms with Gasteiger partial charge in [-0.15, -0.1) is 24.0 Å². The number of amides is 1. The average molecular weight is 469 g/mol. The van der Waals surface area contributed by atoms with Crippen LogP contribution < -0.4 is 16.0 Å². The number of rotatable bonds is 9. The zero-order valence-electron chi connectivity index (χ0n) is 16.4. The van der Waals surface area contributed by atoms with Crippen molar-refractivity contribution in [2.45, 2.75) is 58.6 Å². The fraction of sp³-hybridized carbons (Fsp3) is 0.882. The number of hydrogen-bond acceptors (Lipinski definition) is 4. The van der Waals surface area contributed by atoms with Gasteiger partial charge in [-0.2, -0.15) is 0 Å². The molecule has 0 radical (unpaired) electrons. The number of guanidine groups is 1. The molecule has 0 heterocycles. The summed E-state index contributed by atoms with van der Waals surface area (Å²) in [4.78, 5) is 18.2. The van der Waals surface area contributed by atoms with Crippen molar-refractivity contribution in [3.05, 3.63) is 0 Å². The Morgan fingerprint density at radius 1 is 1.16 bits per heavy atom.